The molecule has 0 bridgehead atoms. The van der Waals surface area contributed by atoms with Gasteiger partial charge in [-0.05, 0) is 66.6 Å². The van der Waals surface area contributed by atoms with Crippen LogP contribution in [0.4, 0.5) is 5.69 Å². The molecule has 3 aromatic carbocycles. The van der Waals surface area contributed by atoms with Crippen LogP contribution in [0.25, 0.3) is 0 Å². The first-order valence-corrected chi connectivity index (χ1v) is 14.3. The van der Waals surface area contributed by atoms with Crippen molar-refractivity contribution in [2.45, 2.75) is 22.3 Å². The maximum Gasteiger partial charge on any atom is 0.252 e. The maximum absolute atomic E-state index is 12.9. The van der Waals surface area contributed by atoms with E-state index in [0.717, 1.165) is 24.0 Å². The minimum Gasteiger partial charge on any atom is -0.507 e. The van der Waals surface area contributed by atoms with Crippen molar-refractivity contribution in [3.8, 4) is 11.5 Å². The van der Waals surface area contributed by atoms with Gasteiger partial charge in [-0.2, -0.15) is 0 Å². The fraction of sp³-hybridized carbons (Fsp3) is 0.208. The highest BCUT2D eigenvalue weighted by molar-refractivity contribution is 7.92. The number of carbonyl (C=O) groups excluding carboxylic acids is 1. The zero-order valence-electron chi connectivity index (χ0n) is 19.7. The zero-order valence-corrected chi connectivity index (χ0v) is 21.4. The average Bonchev–Trinajstić information content (AvgIpc) is 2.82. The van der Waals surface area contributed by atoms with E-state index in [1.54, 1.807) is 12.1 Å². The standard InChI is InChI=1S/C24H27N3O8S2/c1-36(32,33)27-20-12-16(4-8-22(20)29)23(30)14-26-11-10-15-2-5-17(6-3-15)37(34,35)18-7-9-21(28)19(13-18)24(25)31/h2-9,12-13,23,26-30H,10-11,14H2,1H3,(H2,25,31)/t23-/m1/s1. The lowest BCUT2D eigenvalue weighted by molar-refractivity contribution is 0.0997. The largest absolute Gasteiger partial charge is 0.507 e. The summed E-state index contributed by atoms with van der Waals surface area (Å²) in [6.45, 7) is 0.605. The summed E-state index contributed by atoms with van der Waals surface area (Å²) < 4.78 is 50.8. The number of aliphatic hydroxyl groups excluding tert-OH is 1. The van der Waals surface area contributed by atoms with Gasteiger partial charge in [-0.25, -0.2) is 16.8 Å². The summed E-state index contributed by atoms with van der Waals surface area (Å²) in [5, 5.41) is 33.0. The number of hydrogen-bond donors (Lipinski definition) is 6. The Hall–Kier alpha value is -3.65. The van der Waals surface area contributed by atoms with Crippen LogP contribution >= 0.6 is 0 Å². The SMILES string of the molecule is CS(=O)(=O)Nc1cc([C@H](O)CNCCc2ccc(S(=O)(=O)c3ccc(O)c(C(N)=O)c3)cc2)ccc1O. The maximum atomic E-state index is 12.9. The zero-order chi connectivity index (χ0) is 27.4. The number of rotatable bonds is 11. The van der Waals surface area contributed by atoms with Gasteiger partial charge in [0.05, 0.1) is 33.4 Å². The second-order valence-electron chi connectivity index (χ2n) is 8.31. The first-order valence-electron chi connectivity index (χ1n) is 10.9. The van der Waals surface area contributed by atoms with Crippen LogP contribution in [0, 0.1) is 0 Å². The van der Waals surface area contributed by atoms with E-state index in [9.17, 15) is 36.9 Å². The van der Waals surface area contributed by atoms with Crippen LogP contribution in [0.1, 0.15) is 27.6 Å². The highest BCUT2D eigenvalue weighted by Crippen LogP contribution is 2.28. The van der Waals surface area contributed by atoms with Crippen molar-refractivity contribution in [1.82, 2.24) is 5.32 Å². The van der Waals surface area contributed by atoms with Crippen molar-refractivity contribution in [3.63, 3.8) is 0 Å². The Morgan fingerprint density at radius 2 is 1.54 bits per heavy atom. The molecule has 0 saturated carbocycles. The number of nitrogens with two attached hydrogens (primary N) is 1. The molecule has 37 heavy (non-hydrogen) atoms. The van der Waals surface area contributed by atoms with E-state index >= 15 is 0 Å². The molecule has 0 aliphatic carbocycles. The van der Waals surface area contributed by atoms with Gasteiger partial charge in [0.25, 0.3) is 5.91 Å². The molecule has 3 aromatic rings. The first kappa shape index (κ1) is 27.9. The molecule has 0 saturated heterocycles. The van der Waals surface area contributed by atoms with Gasteiger partial charge in [0, 0.05) is 6.54 Å². The molecule has 0 spiro atoms. The van der Waals surface area contributed by atoms with E-state index in [1.165, 1.54) is 36.4 Å². The predicted molar refractivity (Wildman–Crippen MR) is 137 cm³/mol. The Kier molecular flexibility index (Phi) is 8.43. The topological polar surface area (TPSA) is 196 Å². The third kappa shape index (κ3) is 7.20. The number of nitrogens with one attached hydrogen (secondary N) is 2. The van der Waals surface area contributed by atoms with E-state index in [0.29, 0.717) is 18.5 Å². The second kappa shape index (κ2) is 11.2. The van der Waals surface area contributed by atoms with Crippen molar-refractivity contribution >= 4 is 31.5 Å². The Morgan fingerprint density at radius 3 is 2.16 bits per heavy atom. The van der Waals surface area contributed by atoms with Gasteiger partial charge >= 0.3 is 0 Å². The number of sulfonamides is 1. The van der Waals surface area contributed by atoms with E-state index in [2.05, 4.69) is 10.0 Å². The van der Waals surface area contributed by atoms with Crippen molar-refractivity contribution in [2.75, 3.05) is 24.1 Å². The van der Waals surface area contributed by atoms with Crippen molar-refractivity contribution < 1.29 is 36.9 Å². The molecule has 11 nitrogen and oxygen atoms in total. The summed E-state index contributed by atoms with van der Waals surface area (Å²) in [6, 6.07) is 13.6. The van der Waals surface area contributed by atoms with Gasteiger partial charge in [0.1, 0.15) is 11.5 Å². The summed E-state index contributed by atoms with van der Waals surface area (Å²) >= 11 is 0. The number of aromatic hydroxyl groups is 2. The average molecular weight is 550 g/mol. The quantitative estimate of drug-likeness (QED) is 0.151. The molecule has 0 aromatic heterocycles. The number of carbonyl (C=O) groups is 1. The summed E-state index contributed by atoms with van der Waals surface area (Å²) in [6.07, 6.45) is 0.504. The molecule has 1 amide bonds. The van der Waals surface area contributed by atoms with Gasteiger partial charge in [0.15, 0.2) is 0 Å². The number of benzene rings is 3. The predicted octanol–water partition coefficient (Wildman–Crippen LogP) is 1.27. The van der Waals surface area contributed by atoms with Crippen LogP contribution < -0.4 is 15.8 Å². The highest BCUT2D eigenvalue weighted by Gasteiger charge is 2.20. The Labute approximate surface area is 214 Å². The monoisotopic (exact) mass is 549 g/mol. The number of aliphatic hydroxyl groups is 1. The van der Waals surface area contributed by atoms with Crippen molar-refractivity contribution in [1.29, 1.82) is 0 Å². The summed E-state index contributed by atoms with van der Waals surface area (Å²) in [4.78, 5) is 11.3. The van der Waals surface area contributed by atoms with Crippen LogP contribution in [0.3, 0.4) is 0 Å². The number of sulfone groups is 1. The Morgan fingerprint density at radius 1 is 0.919 bits per heavy atom. The van der Waals surface area contributed by atoms with E-state index < -0.39 is 37.6 Å². The van der Waals surface area contributed by atoms with Gasteiger partial charge in [-0.3, -0.25) is 9.52 Å². The number of primary amides is 1. The molecule has 0 radical (unpaired) electrons. The molecule has 0 aliphatic heterocycles. The third-order valence-electron chi connectivity index (χ3n) is 5.41. The second-order valence-corrected chi connectivity index (χ2v) is 12.0. The van der Waals surface area contributed by atoms with Gasteiger partial charge in [0.2, 0.25) is 19.9 Å². The van der Waals surface area contributed by atoms with Crippen molar-refractivity contribution in [2.24, 2.45) is 5.73 Å². The summed E-state index contributed by atoms with van der Waals surface area (Å²) in [7, 11) is -7.54. The molecular formula is C24H27N3O8S2. The van der Waals surface area contributed by atoms with Gasteiger partial charge in [-0.1, -0.05) is 18.2 Å². The normalized spacial score (nSPS) is 12.7. The lowest BCUT2D eigenvalue weighted by Gasteiger charge is -2.15. The number of phenolic OH excluding ortho intramolecular Hbond substituents is 1. The minimum absolute atomic E-state index is 0.00609. The third-order valence-corrected chi connectivity index (χ3v) is 7.76. The lowest BCUT2D eigenvalue weighted by Crippen LogP contribution is -2.24. The van der Waals surface area contributed by atoms with Crippen molar-refractivity contribution in [3.05, 3.63) is 77.4 Å². The summed E-state index contributed by atoms with van der Waals surface area (Å²) in [5.74, 6) is -1.62. The number of phenols is 2. The van der Waals surface area contributed by atoms with Crippen LogP contribution in [0.15, 0.2) is 70.5 Å². The van der Waals surface area contributed by atoms with Crippen LogP contribution in [0.2, 0.25) is 0 Å². The van der Waals surface area contributed by atoms with Crippen LogP contribution in [-0.2, 0) is 26.3 Å². The highest BCUT2D eigenvalue weighted by atomic mass is 32.2. The number of hydrogen-bond acceptors (Lipinski definition) is 9. The van der Waals surface area contributed by atoms with E-state index in [-0.39, 0.29) is 33.3 Å². The molecule has 0 unspecified atom stereocenters. The van der Waals surface area contributed by atoms with Crippen LogP contribution in [-0.4, -0.2) is 57.4 Å². The molecule has 3 rings (SSSR count). The molecule has 0 fully saturated rings. The fourth-order valence-corrected chi connectivity index (χ4v) is 5.33. The molecule has 1 atom stereocenters. The minimum atomic E-state index is -3.94. The Bertz CT molecular complexity index is 1510. The molecule has 0 aliphatic rings. The molecule has 0 heterocycles. The van der Waals surface area contributed by atoms with Gasteiger partial charge < -0.3 is 26.4 Å². The molecular weight excluding hydrogens is 522 g/mol. The summed E-state index contributed by atoms with van der Waals surface area (Å²) in [5.41, 5.74) is 6.08. The molecule has 198 valence electrons. The molecule has 7 N–H and O–H groups in total. The molecule has 13 heteroatoms. The Balaban J connectivity index is 1.59. The number of amides is 1. The van der Waals surface area contributed by atoms with Gasteiger partial charge in [-0.15, -0.1) is 0 Å². The number of anilines is 1. The lowest BCUT2D eigenvalue weighted by atomic mass is 10.1. The van der Waals surface area contributed by atoms with E-state index in [1.807, 2.05) is 0 Å². The van der Waals surface area contributed by atoms with Crippen LogP contribution in [0.5, 0.6) is 11.5 Å². The fourth-order valence-electron chi connectivity index (χ4n) is 3.48. The van der Waals surface area contributed by atoms with E-state index in [4.69, 9.17) is 5.73 Å². The first-order chi connectivity index (χ1) is 17.3. The smallest absolute Gasteiger partial charge is 0.252 e.